The lowest BCUT2D eigenvalue weighted by Gasteiger charge is -2.11. The number of amides is 1. The number of pyridine rings is 1. The molecule has 0 saturated carbocycles. The van der Waals surface area contributed by atoms with Crippen molar-refractivity contribution in [3.8, 4) is 11.4 Å². The lowest BCUT2D eigenvalue weighted by Crippen LogP contribution is -2.28. The maximum atomic E-state index is 12.2. The van der Waals surface area contributed by atoms with Gasteiger partial charge in [0.2, 0.25) is 0 Å². The van der Waals surface area contributed by atoms with Gasteiger partial charge in [-0.3, -0.25) is 14.2 Å². The zero-order valence-electron chi connectivity index (χ0n) is 14.3. The SMILES string of the molecule is COc1ccc(-n2cc(C(=O)NCCCN(C)C)ccc2=O)cc1. The van der Waals surface area contributed by atoms with E-state index in [-0.39, 0.29) is 11.5 Å². The van der Waals surface area contributed by atoms with E-state index >= 15 is 0 Å². The first-order chi connectivity index (χ1) is 11.5. The zero-order chi connectivity index (χ0) is 17.5. The van der Waals surface area contributed by atoms with Crippen LogP contribution in [0.5, 0.6) is 5.75 Å². The third kappa shape index (κ3) is 4.70. The first-order valence-corrected chi connectivity index (χ1v) is 7.81. The van der Waals surface area contributed by atoms with Gasteiger partial charge < -0.3 is 15.0 Å². The molecule has 128 valence electrons. The Hall–Kier alpha value is -2.60. The van der Waals surface area contributed by atoms with Crippen LogP contribution in [-0.2, 0) is 0 Å². The third-order valence-corrected chi connectivity index (χ3v) is 3.59. The maximum Gasteiger partial charge on any atom is 0.255 e. The van der Waals surface area contributed by atoms with Crippen molar-refractivity contribution in [2.75, 3.05) is 34.3 Å². The fourth-order valence-corrected chi connectivity index (χ4v) is 2.27. The van der Waals surface area contributed by atoms with Gasteiger partial charge in [-0.15, -0.1) is 0 Å². The summed E-state index contributed by atoms with van der Waals surface area (Å²) in [6, 6.07) is 10.0. The minimum Gasteiger partial charge on any atom is -0.497 e. The quantitative estimate of drug-likeness (QED) is 0.783. The summed E-state index contributed by atoms with van der Waals surface area (Å²) in [5.41, 5.74) is 0.947. The monoisotopic (exact) mass is 329 g/mol. The second-order valence-electron chi connectivity index (χ2n) is 5.74. The van der Waals surface area contributed by atoms with Gasteiger partial charge in [-0.25, -0.2) is 0 Å². The summed E-state index contributed by atoms with van der Waals surface area (Å²) in [4.78, 5) is 26.4. The highest BCUT2D eigenvalue weighted by Crippen LogP contribution is 2.14. The van der Waals surface area contributed by atoms with E-state index in [4.69, 9.17) is 4.74 Å². The van der Waals surface area contributed by atoms with Crippen LogP contribution in [0.1, 0.15) is 16.8 Å². The van der Waals surface area contributed by atoms with Gasteiger partial charge in [0.05, 0.1) is 12.7 Å². The summed E-state index contributed by atoms with van der Waals surface area (Å²) in [6.07, 6.45) is 2.43. The molecule has 2 rings (SSSR count). The molecule has 24 heavy (non-hydrogen) atoms. The molecule has 0 radical (unpaired) electrons. The molecule has 2 aromatic rings. The van der Waals surface area contributed by atoms with E-state index in [1.807, 2.05) is 14.1 Å². The second-order valence-corrected chi connectivity index (χ2v) is 5.74. The van der Waals surface area contributed by atoms with Gasteiger partial charge in [0.25, 0.3) is 11.5 Å². The lowest BCUT2D eigenvalue weighted by atomic mass is 10.2. The molecule has 0 spiro atoms. The molecule has 0 fully saturated rings. The molecule has 0 bridgehead atoms. The van der Waals surface area contributed by atoms with E-state index in [0.717, 1.165) is 13.0 Å². The van der Waals surface area contributed by atoms with Crippen molar-refractivity contribution in [1.82, 2.24) is 14.8 Å². The Bertz CT molecular complexity index is 736. The van der Waals surface area contributed by atoms with E-state index in [2.05, 4.69) is 10.2 Å². The van der Waals surface area contributed by atoms with E-state index in [1.54, 1.807) is 43.6 Å². The lowest BCUT2D eigenvalue weighted by molar-refractivity contribution is 0.0951. The number of benzene rings is 1. The molecule has 0 unspecified atom stereocenters. The molecular formula is C18H23N3O3. The van der Waals surface area contributed by atoms with Gasteiger partial charge in [-0.2, -0.15) is 0 Å². The number of nitrogens with one attached hydrogen (secondary N) is 1. The molecule has 1 aromatic carbocycles. The Balaban J connectivity index is 2.12. The summed E-state index contributed by atoms with van der Waals surface area (Å²) < 4.78 is 6.57. The standard InChI is InChI=1S/C18H23N3O3/c1-20(2)12-4-11-19-18(23)14-5-10-17(22)21(13-14)15-6-8-16(24-3)9-7-15/h5-10,13H,4,11-12H2,1-3H3,(H,19,23). The van der Waals surface area contributed by atoms with Crippen LogP contribution in [0.3, 0.4) is 0 Å². The highest BCUT2D eigenvalue weighted by molar-refractivity contribution is 5.93. The number of carbonyl (C=O) groups excluding carboxylic acids is 1. The van der Waals surface area contributed by atoms with E-state index in [1.165, 1.54) is 10.6 Å². The van der Waals surface area contributed by atoms with Crippen molar-refractivity contribution in [3.05, 3.63) is 58.5 Å². The Morgan fingerprint density at radius 3 is 2.50 bits per heavy atom. The van der Waals surface area contributed by atoms with Crippen LogP contribution < -0.4 is 15.6 Å². The van der Waals surface area contributed by atoms with Gasteiger partial charge in [0.15, 0.2) is 0 Å². The number of methoxy groups -OCH3 is 1. The Labute approximate surface area is 141 Å². The summed E-state index contributed by atoms with van der Waals surface area (Å²) in [5, 5.41) is 2.87. The molecule has 1 aromatic heterocycles. The van der Waals surface area contributed by atoms with E-state index in [9.17, 15) is 9.59 Å². The zero-order valence-corrected chi connectivity index (χ0v) is 14.3. The van der Waals surface area contributed by atoms with Gasteiger partial charge in [0.1, 0.15) is 5.75 Å². The van der Waals surface area contributed by atoms with Crippen LogP contribution in [0.15, 0.2) is 47.4 Å². The molecule has 6 heteroatoms. The highest BCUT2D eigenvalue weighted by atomic mass is 16.5. The number of carbonyl (C=O) groups is 1. The van der Waals surface area contributed by atoms with Crippen LogP contribution in [0.25, 0.3) is 5.69 Å². The van der Waals surface area contributed by atoms with Crippen LogP contribution in [0.2, 0.25) is 0 Å². The summed E-state index contributed by atoms with van der Waals surface area (Å²) in [5.74, 6) is 0.526. The van der Waals surface area contributed by atoms with Crippen molar-refractivity contribution in [2.24, 2.45) is 0 Å². The summed E-state index contributed by atoms with van der Waals surface area (Å²) in [7, 11) is 5.57. The minimum atomic E-state index is -0.190. The van der Waals surface area contributed by atoms with Crippen LogP contribution >= 0.6 is 0 Å². The number of ether oxygens (including phenoxy) is 1. The predicted octanol–water partition coefficient (Wildman–Crippen LogP) is 1.53. The maximum absolute atomic E-state index is 12.2. The predicted molar refractivity (Wildman–Crippen MR) is 94.1 cm³/mol. The van der Waals surface area contributed by atoms with Crippen molar-refractivity contribution < 1.29 is 9.53 Å². The molecular weight excluding hydrogens is 306 g/mol. The molecule has 1 N–H and O–H groups in total. The molecule has 0 atom stereocenters. The van der Waals surface area contributed by atoms with Crippen molar-refractivity contribution in [3.63, 3.8) is 0 Å². The van der Waals surface area contributed by atoms with Gasteiger partial charge in [-0.05, 0) is 57.4 Å². The Morgan fingerprint density at radius 1 is 1.17 bits per heavy atom. The Morgan fingerprint density at radius 2 is 1.88 bits per heavy atom. The first-order valence-electron chi connectivity index (χ1n) is 7.81. The van der Waals surface area contributed by atoms with Gasteiger partial charge >= 0.3 is 0 Å². The highest BCUT2D eigenvalue weighted by Gasteiger charge is 2.08. The van der Waals surface area contributed by atoms with Crippen LogP contribution in [0.4, 0.5) is 0 Å². The van der Waals surface area contributed by atoms with Crippen LogP contribution in [-0.4, -0.2) is 49.7 Å². The average Bonchev–Trinajstić information content (AvgIpc) is 2.59. The van der Waals surface area contributed by atoms with Gasteiger partial charge in [0, 0.05) is 24.5 Å². The van der Waals surface area contributed by atoms with Crippen molar-refractivity contribution >= 4 is 5.91 Å². The van der Waals surface area contributed by atoms with E-state index in [0.29, 0.717) is 23.5 Å². The first kappa shape index (κ1) is 17.7. The number of hydrogen-bond acceptors (Lipinski definition) is 4. The molecule has 0 saturated heterocycles. The van der Waals surface area contributed by atoms with Crippen molar-refractivity contribution in [1.29, 1.82) is 0 Å². The summed E-state index contributed by atoms with van der Waals surface area (Å²) >= 11 is 0. The summed E-state index contributed by atoms with van der Waals surface area (Å²) in [6.45, 7) is 1.50. The molecule has 6 nitrogen and oxygen atoms in total. The number of hydrogen-bond donors (Lipinski definition) is 1. The minimum absolute atomic E-state index is 0.184. The number of nitrogens with zero attached hydrogens (tertiary/aromatic N) is 2. The smallest absolute Gasteiger partial charge is 0.255 e. The molecule has 1 amide bonds. The average molecular weight is 329 g/mol. The number of rotatable bonds is 7. The van der Waals surface area contributed by atoms with Crippen LogP contribution in [0, 0.1) is 0 Å². The Kier molecular flexibility index (Phi) is 6.14. The van der Waals surface area contributed by atoms with E-state index < -0.39 is 0 Å². The fraction of sp³-hybridized carbons (Fsp3) is 0.333. The normalized spacial score (nSPS) is 10.7. The van der Waals surface area contributed by atoms with Crippen molar-refractivity contribution in [2.45, 2.75) is 6.42 Å². The third-order valence-electron chi connectivity index (χ3n) is 3.59. The van der Waals surface area contributed by atoms with Gasteiger partial charge in [-0.1, -0.05) is 0 Å². The molecule has 0 aliphatic carbocycles. The second kappa shape index (κ2) is 8.31. The topological polar surface area (TPSA) is 63.6 Å². The molecule has 0 aliphatic rings. The molecule has 0 aliphatic heterocycles. The number of aromatic nitrogens is 1. The largest absolute Gasteiger partial charge is 0.497 e. The fourth-order valence-electron chi connectivity index (χ4n) is 2.27. The molecule has 1 heterocycles.